The van der Waals surface area contributed by atoms with Gasteiger partial charge in [0.2, 0.25) is 0 Å². The lowest BCUT2D eigenvalue weighted by Gasteiger charge is -2.08. The highest BCUT2D eigenvalue weighted by atomic mass is 79.9. The van der Waals surface area contributed by atoms with Crippen LogP contribution in [0.15, 0.2) is 27.7 Å². The first-order valence-electron chi connectivity index (χ1n) is 5.90. The Morgan fingerprint density at radius 1 is 1.45 bits per heavy atom. The molecule has 0 aliphatic carbocycles. The summed E-state index contributed by atoms with van der Waals surface area (Å²) in [5, 5.41) is 10.4. The number of methoxy groups -OCH3 is 1. The van der Waals surface area contributed by atoms with Gasteiger partial charge in [0.15, 0.2) is 0 Å². The van der Waals surface area contributed by atoms with Crippen LogP contribution >= 0.6 is 27.7 Å². The highest BCUT2D eigenvalue weighted by Gasteiger charge is 2.10. The predicted octanol–water partition coefficient (Wildman–Crippen LogP) is 2.76. The van der Waals surface area contributed by atoms with E-state index in [0.717, 1.165) is 15.4 Å². The largest absolute Gasteiger partial charge is 0.481 e. The molecule has 20 heavy (non-hydrogen) atoms. The Labute approximate surface area is 128 Å². The van der Waals surface area contributed by atoms with Gasteiger partial charge in [0.1, 0.15) is 10.9 Å². The van der Waals surface area contributed by atoms with Crippen LogP contribution in [0.4, 0.5) is 0 Å². The van der Waals surface area contributed by atoms with Crippen molar-refractivity contribution in [1.29, 1.82) is 0 Å². The summed E-state index contributed by atoms with van der Waals surface area (Å²) >= 11 is 4.62. The van der Waals surface area contributed by atoms with Crippen LogP contribution in [0.5, 0.6) is 0 Å². The first-order chi connectivity index (χ1) is 9.60. The molecule has 1 aromatic heterocycles. The Balaban J connectivity index is 2.42. The van der Waals surface area contributed by atoms with E-state index in [-0.39, 0.29) is 5.75 Å². The van der Waals surface area contributed by atoms with Crippen LogP contribution in [-0.4, -0.2) is 40.5 Å². The van der Waals surface area contributed by atoms with Crippen molar-refractivity contribution in [3.8, 4) is 0 Å². The van der Waals surface area contributed by atoms with Crippen LogP contribution < -0.4 is 0 Å². The molecule has 0 amide bonds. The van der Waals surface area contributed by atoms with Gasteiger partial charge in [-0.2, -0.15) is 0 Å². The van der Waals surface area contributed by atoms with Gasteiger partial charge in [-0.1, -0.05) is 27.7 Å². The number of rotatable bonds is 6. The van der Waals surface area contributed by atoms with Crippen molar-refractivity contribution in [2.45, 2.75) is 11.4 Å². The summed E-state index contributed by atoms with van der Waals surface area (Å²) in [7, 11) is 1.62. The van der Waals surface area contributed by atoms with E-state index in [0.29, 0.717) is 23.9 Å². The number of benzene rings is 1. The number of aliphatic carboxylic acids is 1. The van der Waals surface area contributed by atoms with Gasteiger partial charge < -0.3 is 9.84 Å². The molecule has 106 valence electrons. The third kappa shape index (κ3) is 3.91. The molecule has 0 unspecified atom stereocenters. The third-order valence-corrected chi connectivity index (χ3v) is 4.00. The highest BCUT2D eigenvalue weighted by molar-refractivity contribution is 9.10. The molecular weight excluding hydrogens is 344 g/mol. The van der Waals surface area contributed by atoms with Crippen molar-refractivity contribution in [2.24, 2.45) is 0 Å². The minimum atomic E-state index is -0.864. The summed E-state index contributed by atoms with van der Waals surface area (Å²) in [5.41, 5.74) is 0.799. The fraction of sp³-hybridized carbons (Fsp3) is 0.308. The number of carboxylic acids is 1. The number of halogens is 1. The van der Waals surface area contributed by atoms with Crippen molar-refractivity contribution >= 4 is 44.6 Å². The molecule has 0 atom stereocenters. The second-order valence-electron chi connectivity index (χ2n) is 4.03. The van der Waals surface area contributed by atoms with Crippen LogP contribution in [0.1, 0.15) is 5.82 Å². The fourth-order valence-electron chi connectivity index (χ4n) is 1.66. The molecule has 0 aliphatic heterocycles. The van der Waals surface area contributed by atoms with Crippen LogP contribution in [0.25, 0.3) is 10.9 Å². The van der Waals surface area contributed by atoms with E-state index in [1.54, 1.807) is 7.11 Å². The number of hydrogen-bond donors (Lipinski definition) is 1. The van der Waals surface area contributed by atoms with Gasteiger partial charge in [-0.3, -0.25) is 4.79 Å². The molecule has 0 saturated carbocycles. The third-order valence-electron chi connectivity index (χ3n) is 2.53. The quantitative estimate of drug-likeness (QED) is 0.633. The standard InChI is InChI=1S/C13H13BrN2O3S/c1-19-5-4-11-15-10-6-8(14)2-3-9(10)13(16-11)20-7-12(17)18/h2-3,6H,4-5,7H2,1H3,(H,17,18). The number of carboxylic acid groups (broad SMARTS) is 1. The maximum atomic E-state index is 10.7. The van der Waals surface area contributed by atoms with Crippen molar-refractivity contribution < 1.29 is 14.6 Å². The molecule has 1 aromatic carbocycles. The number of aromatic nitrogens is 2. The first kappa shape index (κ1) is 15.2. The van der Waals surface area contributed by atoms with Gasteiger partial charge in [0.25, 0.3) is 0 Å². The van der Waals surface area contributed by atoms with E-state index >= 15 is 0 Å². The van der Waals surface area contributed by atoms with Crippen molar-refractivity contribution in [3.63, 3.8) is 0 Å². The molecule has 7 heteroatoms. The maximum absolute atomic E-state index is 10.7. The summed E-state index contributed by atoms with van der Waals surface area (Å²) in [6.07, 6.45) is 0.597. The molecule has 1 heterocycles. The van der Waals surface area contributed by atoms with Gasteiger partial charge >= 0.3 is 5.97 Å². The van der Waals surface area contributed by atoms with E-state index in [1.807, 2.05) is 18.2 Å². The van der Waals surface area contributed by atoms with E-state index in [4.69, 9.17) is 9.84 Å². The zero-order chi connectivity index (χ0) is 14.5. The molecule has 1 N–H and O–H groups in total. The average molecular weight is 357 g/mol. The molecule has 2 rings (SSSR count). The second kappa shape index (κ2) is 7.01. The summed E-state index contributed by atoms with van der Waals surface area (Å²) < 4.78 is 5.96. The molecule has 0 spiro atoms. The molecule has 2 aromatic rings. The van der Waals surface area contributed by atoms with Gasteiger partial charge in [0.05, 0.1) is 17.9 Å². The van der Waals surface area contributed by atoms with Crippen molar-refractivity contribution in [2.75, 3.05) is 19.5 Å². The fourth-order valence-corrected chi connectivity index (χ4v) is 2.77. The van der Waals surface area contributed by atoms with Gasteiger partial charge in [-0.25, -0.2) is 9.97 Å². The zero-order valence-corrected chi connectivity index (χ0v) is 13.2. The molecule has 0 radical (unpaired) electrons. The van der Waals surface area contributed by atoms with Crippen molar-refractivity contribution in [1.82, 2.24) is 9.97 Å². The smallest absolute Gasteiger partial charge is 0.313 e. The molecular formula is C13H13BrN2O3S. The number of carbonyl (C=O) groups is 1. The molecule has 0 saturated heterocycles. The summed E-state index contributed by atoms with van der Waals surface area (Å²) in [5.74, 6) is -0.228. The molecule has 0 aliphatic rings. The van der Waals surface area contributed by atoms with Gasteiger partial charge in [0, 0.05) is 23.4 Å². The van der Waals surface area contributed by atoms with Gasteiger partial charge in [-0.05, 0) is 18.2 Å². The second-order valence-corrected chi connectivity index (χ2v) is 5.91. The highest BCUT2D eigenvalue weighted by Crippen LogP contribution is 2.27. The van der Waals surface area contributed by atoms with Crippen molar-refractivity contribution in [3.05, 3.63) is 28.5 Å². The lowest BCUT2D eigenvalue weighted by Crippen LogP contribution is -2.04. The Kier molecular flexibility index (Phi) is 5.33. The number of nitrogens with zero attached hydrogens (tertiary/aromatic N) is 2. The number of hydrogen-bond acceptors (Lipinski definition) is 5. The Hall–Kier alpha value is -1.18. The number of fused-ring (bicyclic) bond motifs is 1. The first-order valence-corrected chi connectivity index (χ1v) is 7.67. The predicted molar refractivity (Wildman–Crippen MR) is 81.2 cm³/mol. The van der Waals surface area contributed by atoms with Crippen LogP contribution in [0.2, 0.25) is 0 Å². The van der Waals surface area contributed by atoms with E-state index < -0.39 is 5.97 Å². The number of ether oxygens (including phenoxy) is 1. The zero-order valence-electron chi connectivity index (χ0n) is 10.8. The Morgan fingerprint density at radius 3 is 2.95 bits per heavy atom. The van der Waals surface area contributed by atoms with E-state index in [2.05, 4.69) is 25.9 Å². The molecule has 0 fully saturated rings. The monoisotopic (exact) mass is 356 g/mol. The van der Waals surface area contributed by atoms with Crippen LogP contribution in [0, 0.1) is 0 Å². The minimum Gasteiger partial charge on any atom is -0.481 e. The maximum Gasteiger partial charge on any atom is 0.313 e. The minimum absolute atomic E-state index is 0.0219. The van der Waals surface area contributed by atoms with Crippen LogP contribution in [-0.2, 0) is 16.0 Å². The summed E-state index contributed by atoms with van der Waals surface area (Å²) in [6.45, 7) is 0.530. The summed E-state index contributed by atoms with van der Waals surface area (Å²) in [6, 6.07) is 5.69. The molecule has 5 nitrogen and oxygen atoms in total. The topological polar surface area (TPSA) is 72.3 Å². The van der Waals surface area contributed by atoms with Gasteiger partial charge in [-0.15, -0.1) is 0 Å². The number of thioether (sulfide) groups is 1. The lowest BCUT2D eigenvalue weighted by molar-refractivity contribution is -0.133. The Bertz CT molecular complexity index is 636. The van der Waals surface area contributed by atoms with E-state index in [1.165, 1.54) is 11.8 Å². The normalized spacial score (nSPS) is 10.9. The lowest BCUT2D eigenvalue weighted by atomic mass is 10.2. The molecule has 0 bridgehead atoms. The van der Waals surface area contributed by atoms with E-state index in [9.17, 15) is 4.79 Å². The Morgan fingerprint density at radius 2 is 2.25 bits per heavy atom. The average Bonchev–Trinajstić information content (AvgIpc) is 2.41. The summed E-state index contributed by atoms with van der Waals surface area (Å²) in [4.78, 5) is 19.6. The van der Waals surface area contributed by atoms with Crippen LogP contribution in [0.3, 0.4) is 0 Å². The SMILES string of the molecule is COCCc1nc(SCC(=O)O)c2ccc(Br)cc2n1.